The average Bonchev–Trinajstić information content (AvgIpc) is 2.35. The molecule has 0 heterocycles. The van der Waals surface area contributed by atoms with Crippen molar-refractivity contribution in [2.75, 3.05) is 39.6 Å². The molecule has 0 aliphatic rings. The van der Waals surface area contributed by atoms with Crippen LogP contribution in [0.3, 0.4) is 0 Å². The lowest BCUT2D eigenvalue weighted by Crippen LogP contribution is -1.95. The van der Waals surface area contributed by atoms with Gasteiger partial charge in [-0.25, -0.2) is 0 Å². The van der Waals surface area contributed by atoms with Crippen molar-refractivity contribution in [3.8, 4) is 48.4 Å². The van der Waals surface area contributed by atoms with Crippen LogP contribution in [0.5, 0.6) is 0 Å². The molecule has 0 rings (SSSR count). The Morgan fingerprint density at radius 2 is 0.824 bits per heavy atom. The summed E-state index contributed by atoms with van der Waals surface area (Å²) in [4.78, 5) is 0. The fourth-order valence-electron chi connectivity index (χ4n) is 0.679. The molecular weight excluding hydrogens is 216 g/mol. The van der Waals surface area contributed by atoms with Gasteiger partial charge in [0.05, 0.1) is 0 Å². The minimum atomic E-state index is 0.276. The number of hydrogen-bond acceptors (Lipinski definition) is 3. The van der Waals surface area contributed by atoms with E-state index in [1.807, 2.05) is 0 Å². The number of ether oxygens (including phenoxy) is 3. The second-order valence-corrected chi connectivity index (χ2v) is 2.59. The molecule has 0 radical (unpaired) electrons. The molecule has 3 heteroatoms. The summed E-state index contributed by atoms with van der Waals surface area (Å²) in [6.45, 7) is 1.83. The molecular formula is C14H14O3. The molecule has 0 fully saturated rings. The summed E-state index contributed by atoms with van der Waals surface area (Å²) < 4.78 is 15.0. The topological polar surface area (TPSA) is 27.7 Å². The molecule has 0 bridgehead atoms. The van der Waals surface area contributed by atoms with Gasteiger partial charge in [-0.3, -0.25) is 0 Å². The van der Waals surface area contributed by atoms with Gasteiger partial charge < -0.3 is 14.2 Å². The van der Waals surface area contributed by atoms with Crippen LogP contribution in [0.25, 0.3) is 0 Å². The van der Waals surface area contributed by atoms with Crippen LogP contribution in [0, 0.1) is 48.4 Å². The fraction of sp³-hybridized carbons (Fsp3) is 0.429. The van der Waals surface area contributed by atoms with Gasteiger partial charge in [-0.15, -0.1) is 12.8 Å². The van der Waals surface area contributed by atoms with E-state index in [4.69, 9.17) is 27.1 Å². The maximum absolute atomic E-state index is 5.11. The van der Waals surface area contributed by atoms with Crippen molar-refractivity contribution >= 4 is 0 Å². The van der Waals surface area contributed by atoms with Gasteiger partial charge in [-0.2, -0.15) is 0 Å². The van der Waals surface area contributed by atoms with Gasteiger partial charge in [-0.05, 0) is 0 Å². The van der Waals surface area contributed by atoms with E-state index in [-0.39, 0.29) is 13.2 Å². The van der Waals surface area contributed by atoms with Gasteiger partial charge in [0.1, 0.15) is 39.6 Å². The lowest BCUT2D eigenvalue weighted by molar-refractivity contribution is 0.196. The monoisotopic (exact) mass is 230 g/mol. The molecule has 0 saturated heterocycles. The van der Waals surface area contributed by atoms with Gasteiger partial charge in [0, 0.05) is 0 Å². The second-order valence-electron chi connectivity index (χ2n) is 2.59. The maximum Gasteiger partial charge on any atom is 0.109 e. The van der Waals surface area contributed by atoms with E-state index in [9.17, 15) is 0 Å². The summed E-state index contributed by atoms with van der Waals surface area (Å²) in [6, 6.07) is 0. The molecule has 0 saturated carbocycles. The summed E-state index contributed by atoms with van der Waals surface area (Å²) >= 11 is 0. The third-order valence-corrected chi connectivity index (χ3v) is 1.32. The first kappa shape index (κ1) is 15.1. The Kier molecular flexibility index (Phi) is 12.6. The molecule has 0 aliphatic carbocycles. The summed E-state index contributed by atoms with van der Waals surface area (Å²) in [5.74, 6) is 15.7. The first-order chi connectivity index (χ1) is 8.41. The quantitative estimate of drug-likeness (QED) is 0.485. The van der Waals surface area contributed by atoms with Crippen LogP contribution in [0.15, 0.2) is 0 Å². The largest absolute Gasteiger partial charge is 0.356 e. The van der Waals surface area contributed by atoms with Crippen LogP contribution in [0.4, 0.5) is 0 Å². The minimum absolute atomic E-state index is 0.276. The van der Waals surface area contributed by atoms with Crippen LogP contribution >= 0.6 is 0 Å². The van der Waals surface area contributed by atoms with Crippen LogP contribution in [0.2, 0.25) is 0 Å². The lowest BCUT2D eigenvalue weighted by atomic mass is 10.6. The van der Waals surface area contributed by atoms with Crippen LogP contribution in [0.1, 0.15) is 0 Å². The molecule has 0 amide bonds. The number of hydrogen-bond donors (Lipinski definition) is 0. The van der Waals surface area contributed by atoms with Gasteiger partial charge >= 0.3 is 0 Å². The Hall–Kier alpha value is -1.88. The Labute approximate surface area is 103 Å². The van der Waals surface area contributed by atoms with Crippen molar-refractivity contribution in [2.24, 2.45) is 0 Å². The Balaban J connectivity index is 3.28. The smallest absolute Gasteiger partial charge is 0.109 e. The summed E-state index contributed by atoms with van der Waals surface area (Å²) in [7, 11) is 0. The third-order valence-electron chi connectivity index (χ3n) is 1.32. The van der Waals surface area contributed by atoms with E-state index in [2.05, 4.69) is 35.5 Å². The van der Waals surface area contributed by atoms with E-state index in [1.54, 1.807) is 0 Å². The molecule has 0 aliphatic heterocycles. The normalized spacial score (nSPS) is 7.88. The van der Waals surface area contributed by atoms with Gasteiger partial charge in [0.25, 0.3) is 0 Å². The van der Waals surface area contributed by atoms with Gasteiger partial charge in [0.2, 0.25) is 0 Å². The van der Waals surface area contributed by atoms with E-state index >= 15 is 0 Å². The highest BCUT2D eigenvalue weighted by Crippen LogP contribution is 1.74. The highest BCUT2D eigenvalue weighted by Gasteiger charge is 1.79. The first-order valence-corrected chi connectivity index (χ1v) is 4.93. The summed E-state index contributed by atoms with van der Waals surface area (Å²) in [5.41, 5.74) is 0. The zero-order valence-corrected chi connectivity index (χ0v) is 9.62. The Morgan fingerprint density at radius 3 is 1.12 bits per heavy atom. The number of rotatable bonds is 6. The van der Waals surface area contributed by atoms with Crippen LogP contribution in [-0.2, 0) is 14.2 Å². The standard InChI is InChI=1S/C14H14O3/c1-3-9-15-11-5-7-13-17-14-8-6-12-16-10-4-2/h1-2H,9-14H2. The summed E-state index contributed by atoms with van der Waals surface area (Å²) in [5, 5.41) is 0. The Morgan fingerprint density at radius 1 is 0.529 bits per heavy atom. The zero-order valence-electron chi connectivity index (χ0n) is 9.62. The highest BCUT2D eigenvalue weighted by atomic mass is 16.5. The van der Waals surface area contributed by atoms with E-state index < -0.39 is 0 Å². The van der Waals surface area contributed by atoms with E-state index in [1.165, 1.54) is 0 Å². The first-order valence-electron chi connectivity index (χ1n) is 4.93. The molecule has 0 N–H and O–H groups in total. The molecule has 0 aromatic carbocycles. The van der Waals surface area contributed by atoms with Crippen molar-refractivity contribution in [1.29, 1.82) is 0 Å². The van der Waals surface area contributed by atoms with Crippen molar-refractivity contribution in [3.63, 3.8) is 0 Å². The maximum atomic E-state index is 5.11. The SMILES string of the molecule is C#CCOCC#CCOCC#CCOCC#C. The van der Waals surface area contributed by atoms with Crippen molar-refractivity contribution in [1.82, 2.24) is 0 Å². The zero-order chi connectivity index (χ0) is 12.6. The molecule has 0 aromatic heterocycles. The van der Waals surface area contributed by atoms with Gasteiger partial charge in [-0.1, -0.05) is 35.5 Å². The average molecular weight is 230 g/mol. The molecule has 0 unspecified atom stereocenters. The lowest BCUT2D eigenvalue weighted by Gasteiger charge is -1.91. The molecule has 3 nitrogen and oxygen atoms in total. The second kappa shape index (κ2) is 14.1. The fourth-order valence-corrected chi connectivity index (χ4v) is 0.679. The molecule has 0 atom stereocenters. The van der Waals surface area contributed by atoms with E-state index in [0.29, 0.717) is 26.4 Å². The highest BCUT2D eigenvalue weighted by molar-refractivity contribution is 5.02. The molecule has 0 spiro atoms. The number of terminal acetylenes is 2. The van der Waals surface area contributed by atoms with Crippen LogP contribution < -0.4 is 0 Å². The van der Waals surface area contributed by atoms with Crippen molar-refractivity contribution in [3.05, 3.63) is 0 Å². The predicted octanol–water partition coefficient (Wildman–Crippen LogP) is 0.309. The predicted molar refractivity (Wildman–Crippen MR) is 65.7 cm³/mol. The van der Waals surface area contributed by atoms with E-state index in [0.717, 1.165) is 0 Å². The third kappa shape index (κ3) is 14.1. The van der Waals surface area contributed by atoms with Crippen molar-refractivity contribution in [2.45, 2.75) is 0 Å². The Bertz CT molecular complexity index is 338. The minimum Gasteiger partial charge on any atom is -0.356 e. The van der Waals surface area contributed by atoms with Crippen molar-refractivity contribution < 1.29 is 14.2 Å². The van der Waals surface area contributed by atoms with Gasteiger partial charge in [0.15, 0.2) is 0 Å². The molecule has 0 aromatic rings. The summed E-state index contributed by atoms with van der Waals surface area (Å²) in [6.07, 6.45) is 9.97. The molecule has 88 valence electrons. The van der Waals surface area contributed by atoms with Crippen LogP contribution in [-0.4, -0.2) is 39.6 Å². The molecule has 17 heavy (non-hydrogen) atoms.